The summed E-state index contributed by atoms with van der Waals surface area (Å²) in [6.07, 6.45) is 0. The zero-order chi connectivity index (χ0) is 18.2. The molecule has 144 valence electrons. The average molecular weight is 364 g/mol. The van der Waals surface area contributed by atoms with Crippen LogP contribution in [-0.4, -0.2) is 86.6 Å². The molecule has 0 saturated carbocycles. The molecule has 3 rings (SSSR count). The number of ether oxygens (including phenoxy) is 3. The summed E-state index contributed by atoms with van der Waals surface area (Å²) in [5, 5.41) is 9.37. The lowest BCUT2D eigenvalue weighted by Crippen LogP contribution is -2.42. The molecule has 1 N–H and O–H groups in total. The van der Waals surface area contributed by atoms with E-state index in [1.165, 1.54) is 5.56 Å². The Kier molecular flexibility index (Phi) is 7.25. The van der Waals surface area contributed by atoms with Crippen LogP contribution in [0.15, 0.2) is 24.3 Å². The van der Waals surface area contributed by atoms with E-state index in [0.717, 1.165) is 19.6 Å². The zero-order valence-corrected chi connectivity index (χ0v) is 15.1. The van der Waals surface area contributed by atoms with Crippen molar-refractivity contribution in [3.63, 3.8) is 0 Å². The smallest absolute Gasteiger partial charge is 0.260 e. The minimum absolute atomic E-state index is 0.00279. The summed E-state index contributed by atoms with van der Waals surface area (Å²) < 4.78 is 16.4. The number of nitrogens with zero attached hydrogens (tertiary/aromatic N) is 2. The van der Waals surface area contributed by atoms with Crippen LogP contribution in [0, 0.1) is 5.92 Å². The zero-order valence-electron chi connectivity index (χ0n) is 15.1. The SMILES string of the molecule is O=C(COc1ccc(CN2CCOC[C@@H](CO)C2)cc1)N1CCOCC1. The highest BCUT2D eigenvalue weighted by Crippen LogP contribution is 2.16. The Labute approximate surface area is 154 Å². The van der Waals surface area contributed by atoms with Gasteiger partial charge < -0.3 is 24.2 Å². The summed E-state index contributed by atoms with van der Waals surface area (Å²) in [4.78, 5) is 16.2. The molecule has 2 aliphatic heterocycles. The van der Waals surface area contributed by atoms with Crippen LogP contribution in [0.1, 0.15) is 5.56 Å². The molecule has 7 heteroatoms. The van der Waals surface area contributed by atoms with E-state index in [1.54, 1.807) is 4.90 Å². The summed E-state index contributed by atoms with van der Waals surface area (Å²) in [6, 6.07) is 7.85. The molecule has 0 unspecified atom stereocenters. The van der Waals surface area contributed by atoms with Gasteiger partial charge in [0.05, 0.1) is 26.4 Å². The van der Waals surface area contributed by atoms with Gasteiger partial charge in [-0.3, -0.25) is 9.69 Å². The summed E-state index contributed by atoms with van der Waals surface area (Å²) in [5.41, 5.74) is 1.18. The highest BCUT2D eigenvalue weighted by atomic mass is 16.5. The normalized spacial score (nSPS) is 22.0. The van der Waals surface area contributed by atoms with Gasteiger partial charge in [-0.25, -0.2) is 0 Å². The van der Waals surface area contributed by atoms with Crippen LogP contribution in [0.5, 0.6) is 5.75 Å². The molecule has 1 amide bonds. The van der Waals surface area contributed by atoms with Crippen LogP contribution in [0.25, 0.3) is 0 Å². The molecule has 1 atom stereocenters. The first-order valence-electron chi connectivity index (χ1n) is 9.23. The fourth-order valence-electron chi connectivity index (χ4n) is 3.21. The second kappa shape index (κ2) is 9.87. The van der Waals surface area contributed by atoms with Crippen molar-refractivity contribution in [3.05, 3.63) is 29.8 Å². The van der Waals surface area contributed by atoms with Crippen molar-refractivity contribution in [2.75, 3.05) is 65.8 Å². The second-order valence-electron chi connectivity index (χ2n) is 6.78. The molecule has 0 aliphatic carbocycles. The van der Waals surface area contributed by atoms with E-state index < -0.39 is 0 Å². The van der Waals surface area contributed by atoms with E-state index in [1.807, 2.05) is 24.3 Å². The first-order valence-corrected chi connectivity index (χ1v) is 9.23. The number of morpholine rings is 1. The van der Waals surface area contributed by atoms with E-state index in [0.29, 0.717) is 45.3 Å². The van der Waals surface area contributed by atoms with Gasteiger partial charge >= 0.3 is 0 Å². The predicted molar refractivity (Wildman–Crippen MR) is 96.0 cm³/mol. The van der Waals surface area contributed by atoms with Crippen molar-refractivity contribution < 1.29 is 24.1 Å². The Hall–Kier alpha value is -1.67. The first-order chi connectivity index (χ1) is 12.7. The Balaban J connectivity index is 1.46. The number of carbonyl (C=O) groups excluding carboxylic acids is 1. The van der Waals surface area contributed by atoms with Crippen LogP contribution < -0.4 is 4.74 Å². The lowest BCUT2D eigenvalue weighted by atomic mass is 10.1. The van der Waals surface area contributed by atoms with Crippen LogP contribution in [0.2, 0.25) is 0 Å². The summed E-state index contributed by atoms with van der Waals surface area (Å²) in [5.74, 6) is 0.867. The van der Waals surface area contributed by atoms with Crippen molar-refractivity contribution in [1.29, 1.82) is 0 Å². The van der Waals surface area contributed by atoms with Gasteiger partial charge in [0.1, 0.15) is 5.75 Å². The van der Waals surface area contributed by atoms with Gasteiger partial charge in [-0.2, -0.15) is 0 Å². The van der Waals surface area contributed by atoms with E-state index >= 15 is 0 Å². The third-order valence-corrected chi connectivity index (χ3v) is 4.74. The first kappa shape index (κ1) is 19.1. The highest BCUT2D eigenvalue weighted by Gasteiger charge is 2.19. The fourth-order valence-corrected chi connectivity index (χ4v) is 3.21. The molecule has 2 saturated heterocycles. The number of rotatable bonds is 6. The number of benzene rings is 1. The third-order valence-electron chi connectivity index (χ3n) is 4.74. The number of hydrogen-bond donors (Lipinski definition) is 1. The van der Waals surface area contributed by atoms with Crippen molar-refractivity contribution in [2.24, 2.45) is 5.92 Å². The number of amides is 1. The van der Waals surface area contributed by atoms with Gasteiger partial charge in [-0.15, -0.1) is 0 Å². The molecule has 1 aromatic rings. The molecule has 7 nitrogen and oxygen atoms in total. The van der Waals surface area contributed by atoms with E-state index in [9.17, 15) is 9.90 Å². The predicted octanol–water partition coefficient (Wildman–Crippen LogP) is 0.365. The second-order valence-corrected chi connectivity index (χ2v) is 6.78. The van der Waals surface area contributed by atoms with Gasteiger partial charge in [0.25, 0.3) is 5.91 Å². The standard InChI is InChI=1S/C19H28N2O5/c22-13-17-12-20(5-8-25-14-17)11-16-1-3-18(4-2-16)26-15-19(23)21-6-9-24-10-7-21/h1-4,17,22H,5-15H2/t17-/m1/s1. The molecule has 0 radical (unpaired) electrons. The minimum Gasteiger partial charge on any atom is -0.484 e. The highest BCUT2D eigenvalue weighted by molar-refractivity contribution is 5.77. The van der Waals surface area contributed by atoms with Gasteiger partial charge in [-0.05, 0) is 17.7 Å². The molecule has 2 fully saturated rings. The number of aliphatic hydroxyl groups is 1. The van der Waals surface area contributed by atoms with Crippen LogP contribution in [0.3, 0.4) is 0 Å². The molecule has 0 bridgehead atoms. The summed E-state index contributed by atoms with van der Waals surface area (Å²) in [7, 11) is 0. The molecule has 0 spiro atoms. The lowest BCUT2D eigenvalue weighted by molar-refractivity contribution is -0.137. The van der Waals surface area contributed by atoms with Crippen molar-refractivity contribution in [1.82, 2.24) is 9.80 Å². The van der Waals surface area contributed by atoms with E-state index in [4.69, 9.17) is 14.2 Å². The molecular weight excluding hydrogens is 336 g/mol. The fraction of sp³-hybridized carbons (Fsp3) is 0.632. The van der Waals surface area contributed by atoms with E-state index in [-0.39, 0.29) is 25.0 Å². The Bertz CT molecular complexity index is 560. The Morgan fingerprint density at radius 3 is 2.58 bits per heavy atom. The van der Waals surface area contributed by atoms with Gasteiger partial charge in [0.2, 0.25) is 0 Å². The summed E-state index contributed by atoms with van der Waals surface area (Å²) >= 11 is 0. The largest absolute Gasteiger partial charge is 0.484 e. The van der Waals surface area contributed by atoms with Gasteiger partial charge in [0, 0.05) is 45.2 Å². The molecule has 0 aromatic heterocycles. The van der Waals surface area contributed by atoms with Crippen LogP contribution >= 0.6 is 0 Å². The Morgan fingerprint density at radius 1 is 1.12 bits per heavy atom. The van der Waals surface area contributed by atoms with Gasteiger partial charge in [0.15, 0.2) is 6.61 Å². The molecule has 26 heavy (non-hydrogen) atoms. The third kappa shape index (κ3) is 5.67. The molecular formula is C19H28N2O5. The molecule has 2 heterocycles. The lowest BCUT2D eigenvalue weighted by Gasteiger charge is -2.26. The van der Waals surface area contributed by atoms with Crippen molar-refractivity contribution in [2.45, 2.75) is 6.54 Å². The maximum atomic E-state index is 12.1. The number of hydrogen-bond acceptors (Lipinski definition) is 6. The monoisotopic (exact) mass is 364 g/mol. The Morgan fingerprint density at radius 2 is 1.85 bits per heavy atom. The average Bonchev–Trinajstić information content (AvgIpc) is 2.93. The maximum absolute atomic E-state index is 12.1. The number of aliphatic hydroxyl groups excluding tert-OH is 1. The molecule has 2 aliphatic rings. The van der Waals surface area contributed by atoms with E-state index in [2.05, 4.69) is 4.90 Å². The quantitative estimate of drug-likeness (QED) is 0.786. The van der Waals surface area contributed by atoms with Crippen molar-refractivity contribution in [3.8, 4) is 5.75 Å². The van der Waals surface area contributed by atoms with Crippen LogP contribution in [-0.2, 0) is 20.8 Å². The topological polar surface area (TPSA) is 71.5 Å². The van der Waals surface area contributed by atoms with Crippen molar-refractivity contribution >= 4 is 5.91 Å². The number of carbonyl (C=O) groups is 1. The maximum Gasteiger partial charge on any atom is 0.260 e. The molecule has 1 aromatic carbocycles. The summed E-state index contributed by atoms with van der Waals surface area (Å²) in [6.45, 7) is 6.50. The van der Waals surface area contributed by atoms with Crippen LogP contribution in [0.4, 0.5) is 0 Å². The van der Waals surface area contributed by atoms with Gasteiger partial charge in [-0.1, -0.05) is 12.1 Å². The minimum atomic E-state index is -0.00279.